The molecule has 1 aromatic carbocycles. The van der Waals surface area contributed by atoms with Crippen LogP contribution in [0, 0.1) is 6.92 Å². The fourth-order valence-corrected chi connectivity index (χ4v) is 2.68. The normalized spacial score (nSPS) is 11.4. The Hall–Kier alpha value is -0.740. The highest BCUT2D eigenvalue weighted by Gasteiger charge is 2.19. The van der Waals surface area contributed by atoms with Gasteiger partial charge in [-0.25, -0.2) is 8.42 Å². The van der Waals surface area contributed by atoms with Gasteiger partial charge in [0, 0.05) is 10.7 Å². The molecule has 0 aliphatic rings. The molecule has 0 saturated heterocycles. The third kappa shape index (κ3) is 3.11. The summed E-state index contributed by atoms with van der Waals surface area (Å²) < 4.78 is 28.0. The van der Waals surface area contributed by atoms with E-state index in [-0.39, 0.29) is 4.90 Å². The standard InChI is InChI=1S/C10H13ClO3S/c1-3-7-14-9-6-4-5-8(2)10(9)15(11,12)13/h4-6H,3,7H2,1-2H3. The van der Waals surface area contributed by atoms with Crippen molar-refractivity contribution in [3.8, 4) is 5.75 Å². The van der Waals surface area contributed by atoms with Crippen LogP contribution in [0.2, 0.25) is 0 Å². The smallest absolute Gasteiger partial charge is 0.265 e. The highest BCUT2D eigenvalue weighted by Crippen LogP contribution is 2.29. The maximum absolute atomic E-state index is 11.3. The number of halogens is 1. The van der Waals surface area contributed by atoms with E-state index in [2.05, 4.69) is 0 Å². The largest absolute Gasteiger partial charge is 0.492 e. The summed E-state index contributed by atoms with van der Waals surface area (Å²) in [5, 5.41) is 0. The lowest BCUT2D eigenvalue weighted by Crippen LogP contribution is -2.02. The van der Waals surface area contributed by atoms with Gasteiger partial charge in [0.25, 0.3) is 9.05 Å². The predicted molar refractivity (Wildman–Crippen MR) is 60.0 cm³/mol. The second-order valence-corrected chi connectivity index (χ2v) is 5.69. The second kappa shape index (κ2) is 4.86. The lowest BCUT2D eigenvalue weighted by Gasteiger charge is -2.10. The van der Waals surface area contributed by atoms with Crippen LogP contribution in [-0.4, -0.2) is 15.0 Å². The lowest BCUT2D eigenvalue weighted by atomic mass is 10.2. The van der Waals surface area contributed by atoms with Crippen molar-refractivity contribution in [2.24, 2.45) is 0 Å². The first-order valence-corrected chi connectivity index (χ1v) is 6.95. The molecule has 0 radical (unpaired) electrons. The predicted octanol–water partition coefficient (Wildman–Crippen LogP) is 2.71. The Balaban J connectivity index is 3.21. The first-order valence-electron chi connectivity index (χ1n) is 4.64. The van der Waals surface area contributed by atoms with E-state index >= 15 is 0 Å². The topological polar surface area (TPSA) is 43.4 Å². The minimum Gasteiger partial charge on any atom is -0.492 e. The van der Waals surface area contributed by atoms with E-state index in [1.807, 2.05) is 6.92 Å². The highest BCUT2D eigenvalue weighted by atomic mass is 35.7. The van der Waals surface area contributed by atoms with E-state index in [1.54, 1.807) is 25.1 Å². The Kier molecular flexibility index (Phi) is 3.99. The van der Waals surface area contributed by atoms with Crippen LogP contribution in [0.15, 0.2) is 23.1 Å². The van der Waals surface area contributed by atoms with Crippen molar-refractivity contribution < 1.29 is 13.2 Å². The van der Waals surface area contributed by atoms with Gasteiger partial charge in [0.05, 0.1) is 6.61 Å². The van der Waals surface area contributed by atoms with Crippen LogP contribution < -0.4 is 4.74 Å². The van der Waals surface area contributed by atoms with E-state index in [0.717, 1.165) is 6.42 Å². The molecule has 3 nitrogen and oxygen atoms in total. The molecule has 0 fully saturated rings. The van der Waals surface area contributed by atoms with Crippen LogP contribution in [0.25, 0.3) is 0 Å². The summed E-state index contributed by atoms with van der Waals surface area (Å²) in [5.41, 5.74) is 0.596. The molecule has 0 atom stereocenters. The maximum atomic E-state index is 11.3. The molecule has 0 saturated carbocycles. The molecular formula is C10H13ClO3S. The highest BCUT2D eigenvalue weighted by molar-refractivity contribution is 8.13. The van der Waals surface area contributed by atoms with Crippen molar-refractivity contribution in [3.05, 3.63) is 23.8 Å². The van der Waals surface area contributed by atoms with Gasteiger partial charge in [-0.1, -0.05) is 19.1 Å². The van der Waals surface area contributed by atoms with Gasteiger partial charge < -0.3 is 4.74 Å². The Morgan fingerprint density at radius 2 is 2.07 bits per heavy atom. The Labute approximate surface area is 94.4 Å². The van der Waals surface area contributed by atoms with Gasteiger partial charge in [-0.15, -0.1) is 0 Å². The molecule has 0 amide bonds. The molecule has 0 aliphatic heterocycles. The minimum absolute atomic E-state index is 0.0696. The summed E-state index contributed by atoms with van der Waals surface area (Å²) in [6, 6.07) is 5.04. The lowest BCUT2D eigenvalue weighted by molar-refractivity contribution is 0.309. The summed E-state index contributed by atoms with van der Waals surface area (Å²) >= 11 is 0. The minimum atomic E-state index is -3.75. The quantitative estimate of drug-likeness (QED) is 0.770. The van der Waals surface area contributed by atoms with Crippen molar-refractivity contribution in [2.45, 2.75) is 25.2 Å². The number of hydrogen-bond acceptors (Lipinski definition) is 3. The number of rotatable bonds is 4. The van der Waals surface area contributed by atoms with Gasteiger partial charge >= 0.3 is 0 Å². The van der Waals surface area contributed by atoms with Crippen LogP contribution in [0.4, 0.5) is 0 Å². The first-order chi connectivity index (χ1) is 6.96. The average molecular weight is 249 g/mol. The first kappa shape index (κ1) is 12.3. The molecule has 0 spiro atoms. The molecule has 0 unspecified atom stereocenters. The molecule has 0 aliphatic carbocycles. The molecule has 0 heterocycles. The number of hydrogen-bond donors (Lipinski definition) is 0. The number of aryl methyl sites for hydroxylation is 1. The average Bonchev–Trinajstić information content (AvgIpc) is 2.12. The molecule has 5 heteroatoms. The summed E-state index contributed by atoms with van der Waals surface area (Å²) in [5.74, 6) is 0.326. The zero-order valence-corrected chi connectivity index (χ0v) is 10.2. The van der Waals surface area contributed by atoms with Crippen LogP contribution in [0.5, 0.6) is 5.75 Å². The van der Waals surface area contributed by atoms with Crippen LogP contribution in [-0.2, 0) is 9.05 Å². The summed E-state index contributed by atoms with van der Waals surface area (Å²) in [6.45, 7) is 4.11. The van der Waals surface area contributed by atoms with E-state index in [4.69, 9.17) is 15.4 Å². The molecule has 1 rings (SSSR count). The van der Waals surface area contributed by atoms with Crippen molar-refractivity contribution >= 4 is 19.7 Å². The second-order valence-electron chi connectivity index (χ2n) is 3.19. The van der Waals surface area contributed by atoms with Crippen LogP contribution in [0.3, 0.4) is 0 Å². The van der Waals surface area contributed by atoms with Gasteiger partial charge in [-0.3, -0.25) is 0 Å². The third-order valence-corrected chi connectivity index (χ3v) is 3.35. The molecule has 1 aromatic rings. The fraction of sp³-hybridized carbons (Fsp3) is 0.400. The fourth-order valence-electron chi connectivity index (χ4n) is 1.26. The van der Waals surface area contributed by atoms with Crippen LogP contribution >= 0.6 is 10.7 Å². The van der Waals surface area contributed by atoms with Crippen molar-refractivity contribution in [2.75, 3.05) is 6.61 Å². The van der Waals surface area contributed by atoms with E-state index in [0.29, 0.717) is 17.9 Å². The van der Waals surface area contributed by atoms with Gasteiger partial charge in [0.2, 0.25) is 0 Å². The van der Waals surface area contributed by atoms with Crippen molar-refractivity contribution in [1.82, 2.24) is 0 Å². The van der Waals surface area contributed by atoms with E-state index in [1.165, 1.54) is 0 Å². The molecule has 15 heavy (non-hydrogen) atoms. The molecule has 0 aromatic heterocycles. The monoisotopic (exact) mass is 248 g/mol. The van der Waals surface area contributed by atoms with Crippen molar-refractivity contribution in [1.29, 1.82) is 0 Å². The van der Waals surface area contributed by atoms with Gasteiger partial charge in [0.1, 0.15) is 10.6 Å². The number of benzene rings is 1. The maximum Gasteiger partial charge on any atom is 0.265 e. The van der Waals surface area contributed by atoms with E-state index < -0.39 is 9.05 Å². The Bertz CT molecular complexity index is 440. The van der Waals surface area contributed by atoms with E-state index in [9.17, 15) is 8.42 Å². The SMILES string of the molecule is CCCOc1cccc(C)c1S(=O)(=O)Cl. The zero-order valence-electron chi connectivity index (χ0n) is 8.66. The van der Waals surface area contributed by atoms with Gasteiger partial charge in [-0.05, 0) is 25.0 Å². The summed E-state index contributed by atoms with van der Waals surface area (Å²) in [7, 11) is 1.59. The van der Waals surface area contributed by atoms with Crippen LogP contribution in [0.1, 0.15) is 18.9 Å². The Morgan fingerprint density at radius 3 is 2.60 bits per heavy atom. The van der Waals surface area contributed by atoms with Gasteiger partial charge in [-0.2, -0.15) is 0 Å². The third-order valence-electron chi connectivity index (χ3n) is 1.88. The van der Waals surface area contributed by atoms with Gasteiger partial charge in [0.15, 0.2) is 0 Å². The zero-order chi connectivity index (χ0) is 11.5. The summed E-state index contributed by atoms with van der Waals surface area (Å²) in [6.07, 6.45) is 0.815. The molecule has 0 bridgehead atoms. The number of ether oxygens (including phenoxy) is 1. The molecule has 84 valence electrons. The molecular weight excluding hydrogens is 236 g/mol. The molecule has 0 N–H and O–H groups in total. The Morgan fingerprint density at radius 1 is 1.40 bits per heavy atom. The summed E-state index contributed by atoms with van der Waals surface area (Å²) in [4.78, 5) is 0.0696. The van der Waals surface area contributed by atoms with Crippen molar-refractivity contribution in [3.63, 3.8) is 0 Å².